The van der Waals surface area contributed by atoms with Gasteiger partial charge in [-0.05, 0) is 81.3 Å². The average Bonchev–Trinajstić information content (AvgIpc) is 2.72. The van der Waals surface area contributed by atoms with E-state index in [1.54, 1.807) is 31.3 Å². The van der Waals surface area contributed by atoms with E-state index in [1.807, 2.05) is 0 Å². The van der Waals surface area contributed by atoms with Gasteiger partial charge in [0, 0.05) is 25.2 Å². The fourth-order valence-electron chi connectivity index (χ4n) is 4.02. The van der Waals surface area contributed by atoms with Gasteiger partial charge in [0.2, 0.25) is 10.0 Å². The Hall–Kier alpha value is -0.660. The summed E-state index contributed by atoms with van der Waals surface area (Å²) in [4.78, 5) is 0.301. The summed E-state index contributed by atoms with van der Waals surface area (Å²) in [5, 5.41) is 12.9. The molecule has 5 nitrogen and oxygen atoms in total. The van der Waals surface area contributed by atoms with Gasteiger partial charge in [-0.25, -0.2) is 12.7 Å². The Bertz CT molecular complexity index is 674. The van der Waals surface area contributed by atoms with Crippen LogP contribution in [0.4, 0.5) is 0 Å². The zero-order chi connectivity index (χ0) is 21.1. The van der Waals surface area contributed by atoms with E-state index in [2.05, 4.69) is 5.32 Å². The summed E-state index contributed by atoms with van der Waals surface area (Å²) in [6.45, 7) is 3.03. The summed E-state index contributed by atoms with van der Waals surface area (Å²) in [6.07, 6.45) is 10.2. The summed E-state index contributed by atoms with van der Waals surface area (Å²) in [5.41, 5.74) is 0. The molecule has 0 radical (unpaired) electrons. The van der Waals surface area contributed by atoms with Crippen LogP contribution in [0.5, 0.6) is 0 Å². The van der Waals surface area contributed by atoms with Gasteiger partial charge in [0.15, 0.2) is 0 Å². The number of nitrogens with zero attached hydrogens (tertiary/aromatic N) is 1. The fraction of sp³-hybridized carbons (Fsp3) is 0.727. The molecule has 1 aromatic rings. The molecule has 2 rings (SSSR count). The monoisotopic (exact) mass is 444 g/mol. The Morgan fingerprint density at radius 2 is 1.66 bits per heavy atom. The van der Waals surface area contributed by atoms with Crippen LogP contribution in [0, 0.1) is 11.8 Å². The first-order chi connectivity index (χ1) is 13.9. The van der Waals surface area contributed by atoms with Crippen molar-refractivity contribution in [1.82, 2.24) is 9.62 Å². The van der Waals surface area contributed by atoms with E-state index in [4.69, 9.17) is 16.7 Å². The highest BCUT2D eigenvalue weighted by atomic mass is 35.5. The zero-order valence-electron chi connectivity index (χ0n) is 17.7. The minimum atomic E-state index is -3.44. The third-order valence-electron chi connectivity index (χ3n) is 6.04. The van der Waals surface area contributed by atoms with E-state index in [-0.39, 0.29) is 0 Å². The van der Waals surface area contributed by atoms with Gasteiger partial charge in [-0.3, -0.25) is 0 Å². The number of aliphatic hydroxyl groups is 1. The molecule has 1 aliphatic carbocycles. The molecule has 2 N–H and O–H groups in total. The summed E-state index contributed by atoms with van der Waals surface area (Å²) >= 11 is 5.86. The number of unbranched alkanes of at least 4 members (excludes halogenated alkanes) is 3. The van der Waals surface area contributed by atoms with E-state index in [0.29, 0.717) is 29.0 Å². The van der Waals surface area contributed by atoms with E-state index in [1.165, 1.54) is 42.8 Å². The highest BCUT2D eigenvalue weighted by molar-refractivity contribution is 7.89. The largest absolute Gasteiger partial charge is 0.396 e. The third kappa shape index (κ3) is 8.54. The Balaban J connectivity index is 1.62. The third-order valence-corrected chi connectivity index (χ3v) is 8.16. The second-order valence-corrected chi connectivity index (χ2v) is 10.8. The van der Waals surface area contributed by atoms with Crippen molar-refractivity contribution in [3.05, 3.63) is 29.3 Å². The maximum atomic E-state index is 12.7. The summed E-state index contributed by atoms with van der Waals surface area (Å²) in [6, 6.07) is 6.37. The lowest BCUT2D eigenvalue weighted by Gasteiger charge is -2.29. The van der Waals surface area contributed by atoms with Crippen LogP contribution in [0.1, 0.15) is 57.8 Å². The number of hydrogen-bond acceptors (Lipinski definition) is 4. The molecule has 0 saturated heterocycles. The maximum absolute atomic E-state index is 12.7. The second-order valence-electron chi connectivity index (χ2n) is 8.30. The number of aliphatic hydroxyl groups excluding tert-OH is 1. The van der Waals surface area contributed by atoms with Crippen molar-refractivity contribution >= 4 is 21.6 Å². The molecular weight excluding hydrogens is 408 g/mol. The molecule has 1 aliphatic rings. The minimum Gasteiger partial charge on any atom is -0.396 e. The van der Waals surface area contributed by atoms with Crippen molar-refractivity contribution in [3.8, 4) is 0 Å². The van der Waals surface area contributed by atoms with Crippen LogP contribution in [0.15, 0.2) is 29.2 Å². The number of hydrogen-bond donors (Lipinski definition) is 2. The van der Waals surface area contributed by atoms with Crippen molar-refractivity contribution in [2.24, 2.45) is 11.8 Å². The van der Waals surface area contributed by atoms with Crippen LogP contribution in [0.2, 0.25) is 5.02 Å². The highest BCUT2D eigenvalue weighted by Crippen LogP contribution is 2.31. The quantitative estimate of drug-likeness (QED) is 0.445. The fourth-order valence-corrected chi connectivity index (χ4v) is 5.33. The molecule has 29 heavy (non-hydrogen) atoms. The number of rotatable bonds is 13. The Morgan fingerprint density at radius 3 is 2.31 bits per heavy atom. The number of nitrogens with one attached hydrogen (secondary N) is 1. The molecule has 7 heteroatoms. The van der Waals surface area contributed by atoms with Gasteiger partial charge >= 0.3 is 0 Å². The first-order valence-corrected chi connectivity index (χ1v) is 12.8. The molecule has 166 valence electrons. The predicted octanol–water partition coefficient (Wildman–Crippen LogP) is 4.30. The standard InChI is InChI=1S/C22H37ClN2O3S/c1-25(29(27,28)22-12-10-21(23)11-13-22)16-14-19-6-8-20(9-7-19)18-24-15-4-2-3-5-17-26/h10-13,19-20,24,26H,2-9,14-18H2,1H3/t19-,20-. The van der Waals surface area contributed by atoms with Crippen molar-refractivity contribution in [2.75, 3.05) is 33.3 Å². The lowest BCUT2D eigenvalue weighted by Crippen LogP contribution is -2.31. The van der Waals surface area contributed by atoms with E-state index >= 15 is 0 Å². The molecule has 0 amide bonds. The van der Waals surface area contributed by atoms with Crippen LogP contribution in [0.3, 0.4) is 0 Å². The van der Waals surface area contributed by atoms with Crippen LogP contribution in [0.25, 0.3) is 0 Å². The molecule has 0 spiro atoms. The Morgan fingerprint density at radius 1 is 1.03 bits per heavy atom. The van der Waals surface area contributed by atoms with Gasteiger partial charge in [-0.2, -0.15) is 0 Å². The summed E-state index contributed by atoms with van der Waals surface area (Å²) in [5.74, 6) is 1.37. The molecule has 0 unspecified atom stereocenters. The second kappa shape index (κ2) is 12.9. The van der Waals surface area contributed by atoms with Crippen LogP contribution in [-0.4, -0.2) is 51.1 Å². The normalized spacial score (nSPS) is 20.3. The van der Waals surface area contributed by atoms with E-state index < -0.39 is 10.0 Å². The number of halogens is 1. The molecule has 1 fully saturated rings. The smallest absolute Gasteiger partial charge is 0.242 e. The minimum absolute atomic E-state index is 0.301. The molecule has 0 bridgehead atoms. The highest BCUT2D eigenvalue weighted by Gasteiger charge is 2.24. The molecule has 0 aliphatic heterocycles. The molecule has 0 heterocycles. The SMILES string of the molecule is CN(CC[C@H]1CC[C@H](CNCCCCCCO)CC1)S(=O)(=O)c1ccc(Cl)cc1. The molecule has 0 atom stereocenters. The van der Waals surface area contributed by atoms with Gasteiger partial charge in [0.1, 0.15) is 0 Å². The molecule has 0 aromatic heterocycles. The van der Waals surface area contributed by atoms with Crippen LogP contribution >= 0.6 is 11.6 Å². The Labute approximate surface area is 181 Å². The molecule has 1 saturated carbocycles. The van der Waals surface area contributed by atoms with Gasteiger partial charge in [-0.15, -0.1) is 0 Å². The van der Waals surface area contributed by atoms with Gasteiger partial charge in [0.05, 0.1) is 4.90 Å². The van der Waals surface area contributed by atoms with Crippen molar-refractivity contribution in [2.45, 2.75) is 62.7 Å². The lowest BCUT2D eigenvalue weighted by molar-refractivity contribution is 0.247. The average molecular weight is 445 g/mol. The van der Waals surface area contributed by atoms with Crippen LogP contribution in [-0.2, 0) is 10.0 Å². The number of benzene rings is 1. The van der Waals surface area contributed by atoms with E-state index in [0.717, 1.165) is 38.3 Å². The van der Waals surface area contributed by atoms with Crippen molar-refractivity contribution in [1.29, 1.82) is 0 Å². The van der Waals surface area contributed by atoms with Crippen molar-refractivity contribution in [3.63, 3.8) is 0 Å². The molecule has 1 aromatic carbocycles. The van der Waals surface area contributed by atoms with Crippen molar-refractivity contribution < 1.29 is 13.5 Å². The lowest BCUT2D eigenvalue weighted by atomic mass is 9.80. The Kier molecular flexibility index (Phi) is 10.9. The molecular formula is C22H37ClN2O3S. The van der Waals surface area contributed by atoms with Gasteiger partial charge in [0.25, 0.3) is 0 Å². The number of sulfonamides is 1. The summed E-state index contributed by atoms with van der Waals surface area (Å²) in [7, 11) is -1.77. The van der Waals surface area contributed by atoms with Gasteiger partial charge in [-0.1, -0.05) is 37.3 Å². The van der Waals surface area contributed by atoms with Crippen LogP contribution < -0.4 is 5.32 Å². The zero-order valence-corrected chi connectivity index (χ0v) is 19.2. The topological polar surface area (TPSA) is 69.6 Å². The maximum Gasteiger partial charge on any atom is 0.242 e. The van der Waals surface area contributed by atoms with E-state index in [9.17, 15) is 8.42 Å². The van der Waals surface area contributed by atoms with Gasteiger partial charge < -0.3 is 10.4 Å². The first kappa shape index (κ1) is 24.6. The first-order valence-electron chi connectivity index (χ1n) is 11.0. The summed E-state index contributed by atoms with van der Waals surface area (Å²) < 4.78 is 26.8. The predicted molar refractivity (Wildman–Crippen MR) is 120 cm³/mol.